The Kier molecular flexibility index (Phi) is 4.14. The molecule has 3 heteroatoms. The second-order valence-electron chi connectivity index (χ2n) is 3.97. The highest BCUT2D eigenvalue weighted by Gasteiger charge is 2.20. The first kappa shape index (κ1) is 11.2. The van der Waals surface area contributed by atoms with Crippen LogP contribution in [-0.2, 0) is 9.53 Å². The first-order valence-electron chi connectivity index (χ1n) is 5.11. The highest BCUT2D eigenvalue weighted by molar-refractivity contribution is 5.73. The molecule has 1 fully saturated rings. The van der Waals surface area contributed by atoms with Crippen LogP contribution in [-0.4, -0.2) is 36.6 Å². The predicted octanol–water partition coefficient (Wildman–Crippen LogP) is 1.59. The van der Waals surface area contributed by atoms with E-state index < -0.39 is 0 Å². The first-order valence-corrected chi connectivity index (χ1v) is 5.11. The minimum Gasteiger partial charge on any atom is -0.374 e. The fourth-order valence-corrected chi connectivity index (χ4v) is 1.60. The Bertz CT molecular complexity index is 217. The van der Waals surface area contributed by atoms with Gasteiger partial charge in [0, 0.05) is 20.0 Å². The van der Waals surface area contributed by atoms with Crippen LogP contribution in [0.1, 0.15) is 26.7 Å². The van der Waals surface area contributed by atoms with Gasteiger partial charge in [0.2, 0.25) is 5.91 Å². The maximum absolute atomic E-state index is 11.0. The van der Waals surface area contributed by atoms with Crippen molar-refractivity contribution in [2.75, 3.05) is 19.7 Å². The highest BCUT2D eigenvalue weighted by atomic mass is 16.5. The number of hydrogen-bond donors (Lipinski definition) is 0. The van der Waals surface area contributed by atoms with E-state index in [1.54, 1.807) is 6.92 Å². The van der Waals surface area contributed by atoms with Gasteiger partial charge in [0.05, 0.1) is 12.7 Å². The summed E-state index contributed by atoms with van der Waals surface area (Å²) in [6, 6.07) is 0. The molecule has 1 rings (SSSR count). The highest BCUT2D eigenvalue weighted by Crippen LogP contribution is 2.14. The molecule has 0 aromatic heterocycles. The van der Waals surface area contributed by atoms with Crippen molar-refractivity contribution in [1.82, 2.24) is 4.90 Å². The van der Waals surface area contributed by atoms with Gasteiger partial charge in [-0.25, -0.2) is 0 Å². The summed E-state index contributed by atoms with van der Waals surface area (Å²) >= 11 is 0. The van der Waals surface area contributed by atoms with E-state index in [0.717, 1.165) is 31.5 Å². The molecule has 14 heavy (non-hydrogen) atoms. The molecule has 1 aliphatic rings. The molecule has 3 nitrogen and oxygen atoms in total. The summed E-state index contributed by atoms with van der Waals surface area (Å²) in [6.07, 6.45) is 2.21. The van der Waals surface area contributed by atoms with Crippen molar-refractivity contribution < 1.29 is 9.53 Å². The van der Waals surface area contributed by atoms with Gasteiger partial charge in [0.15, 0.2) is 0 Å². The van der Waals surface area contributed by atoms with E-state index in [1.807, 2.05) is 11.8 Å². The summed E-state index contributed by atoms with van der Waals surface area (Å²) in [5, 5.41) is 0. The zero-order valence-electron chi connectivity index (χ0n) is 9.08. The van der Waals surface area contributed by atoms with Crippen molar-refractivity contribution in [1.29, 1.82) is 0 Å². The van der Waals surface area contributed by atoms with Crippen molar-refractivity contribution in [2.24, 2.45) is 0 Å². The lowest BCUT2D eigenvalue weighted by molar-refractivity contribution is -0.131. The van der Waals surface area contributed by atoms with Gasteiger partial charge in [-0.2, -0.15) is 0 Å². The Morgan fingerprint density at radius 1 is 1.43 bits per heavy atom. The molecule has 0 N–H and O–H groups in total. The zero-order chi connectivity index (χ0) is 10.6. The Morgan fingerprint density at radius 3 is 2.43 bits per heavy atom. The summed E-state index contributed by atoms with van der Waals surface area (Å²) in [5.41, 5.74) is 1.05. The van der Waals surface area contributed by atoms with Gasteiger partial charge in [-0.15, -0.1) is 0 Å². The maximum atomic E-state index is 11.0. The molecule has 0 saturated carbocycles. The Morgan fingerprint density at radius 2 is 2.00 bits per heavy atom. The first-order chi connectivity index (χ1) is 6.59. The SMILES string of the molecule is C=C(C)COC1CCN(C(C)=O)CC1. The number of carbonyl (C=O) groups excluding carboxylic acids is 1. The van der Waals surface area contributed by atoms with Crippen molar-refractivity contribution in [3.63, 3.8) is 0 Å². The Labute approximate surface area is 85.7 Å². The van der Waals surface area contributed by atoms with E-state index in [0.29, 0.717) is 12.7 Å². The standard InChI is InChI=1S/C11H19NO2/c1-9(2)8-14-11-4-6-12(7-5-11)10(3)13/h11H,1,4-8H2,2-3H3. The molecule has 80 valence electrons. The summed E-state index contributed by atoms with van der Waals surface area (Å²) < 4.78 is 5.63. The third kappa shape index (κ3) is 3.50. The topological polar surface area (TPSA) is 29.5 Å². The lowest BCUT2D eigenvalue weighted by Gasteiger charge is -2.31. The number of amides is 1. The lowest BCUT2D eigenvalue weighted by Crippen LogP contribution is -2.39. The van der Waals surface area contributed by atoms with Gasteiger partial charge in [0.25, 0.3) is 0 Å². The van der Waals surface area contributed by atoms with Crippen molar-refractivity contribution in [2.45, 2.75) is 32.8 Å². The average molecular weight is 197 g/mol. The molecule has 1 heterocycles. The molecule has 0 unspecified atom stereocenters. The fraction of sp³-hybridized carbons (Fsp3) is 0.727. The van der Waals surface area contributed by atoms with E-state index in [9.17, 15) is 4.79 Å². The van der Waals surface area contributed by atoms with E-state index in [1.165, 1.54) is 0 Å². The minimum absolute atomic E-state index is 0.170. The number of hydrogen-bond acceptors (Lipinski definition) is 2. The van der Waals surface area contributed by atoms with E-state index in [-0.39, 0.29) is 5.91 Å². The second-order valence-corrected chi connectivity index (χ2v) is 3.97. The van der Waals surface area contributed by atoms with E-state index in [2.05, 4.69) is 6.58 Å². The third-order valence-electron chi connectivity index (χ3n) is 2.45. The number of likely N-dealkylation sites (tertiary alicyclic amines) is 1. The summed E-state index contributed by atoms with van der Waals surface area (Å²) in [7, 11) is 0. The molecular weight excluding hydrogens is 178 g/mol. The van der Waals surface area contributed by atoms with Crippen LogP contribution in [0.15, 0.2) is 12.2 Å². The van der Waals surface area contributed by atoms with Crippen LogP contribution in [0.25, 0.3) is 0 Å². The molecule has 0 bridgehead atoms. The van der Waals surface area contributed by atoms with Gasteiger partial charge in [0.1, 0.15) is 0 Å². The molecule has 0 aromatic carbocycles. The monoisotopic (exact) mass is 197 g/mol. The van der Waals surface area contributed by atoms with Crippen LogP contribution >= 0.6 is 0 Å². The number of nitrogens with zero attached hydrogens (tertiary/aromatic N) is 1. The van der Waals surface area contributed by atoms with Gasteiger partial charge < -0.3 is 9.64 Å². The second kappa shape index (κ2) is 5.15. The van der Waals surface area contributed by atoms with Gasteiger partial charge in [-0.1, -0.05) is 12.2 Å². The normalized spacial score (nSPS) is 18.3. The van der Waals surface area contributed by atoms with Gasteiger partial charge in [-0.3, -0.25) is 4.79 Å². The van der Waals surface area contributed by atoms with Crippen molar-refractivity contribution in [3.05, 3.63) is 12.2 Å². The summed E-state index contributed by atoms with van der Waals surface area (Å²) in [5.74, 6) is 0.170. The predicted molar refractivity (Wildman–Crippen MR) is 56.0 cm³/mol. The number of ether oxygens (including phenoxy) is 1. The van der Waals surface area contributed by atoms with Crippen LogP contribution in [0, 0.1) is 0 Å². The summed E-state index contributed by atoms with van der Waals surface area (Å²) in [6.45, 7) is 9.68. The van der Waals surface area contributed by atoms with E-state index in [4.69, 9.17) is 4.74 Å². The largest absolute Gasteiger partial charge is 0.374 e. The molecule has 0 spiro atoms. The Hall–Kier alpha value is -0.830. The quantitative estimate of drug-likeness (QED) is 0.643. The molecule has 0 atom stereocenters. The smallest absolute Gasteiger partial charge is 0.219 e. The van der Waals surface area contributed by atoms with Crippen LogP contribution in [0.4, 0.5) is 0 Å². The third-order valence-corrected chi connectivity index (χ3v) is 2.45. The van der Waals surface area contributed by atoms with Crippen molar-refractivity contribution in [3.8, 4) is 0 Å². The molecular formula is C11H19NO2. The van der Waals surface area contributed by atoms with Gasteiger partial charge >= 0.3 is 0 Å². The van der Waals surface area contributed by atoms with Crippen LogP contribution in [0.2, 0.25) is 0 Å². The lowest BCUT2D eigenvalue weighted by atomic mass is 10.1. The number of piperidine rings is 1. The van der Waals surface area contributed by atoms with Crippen LogP contribution in [0.5, 0.6) is 0 Å². The Balaban J connectivity index is 2.22. The molecule has 0 radical (unpaired) electrons. The molecule has 1 saturated heterocycles. The average Bonchev–Trinajstić information content (AvgIpc) is 2.15. The zero-order valence-corrected chi connectivity index (χ0v) is 9.08. The van der Waals surface area contributed by atoms with Crippen LogP contribution < -0.4 is 0 Å². The minimum atomic E-state index is 0.170. The van der Waals surface area contributed by atoms with Gasteiger partial charge in [-0.05, 0) is 19.8 Å². The summed E-state index contributed by atoms with van der Waals surface area (Å²) in [4.78, 5) is 12.9. The molecule has 1 aliphatic heterocycles. The van der Waals surface area contributed by atoms with E-state index >= 15 is 0 Å². The maximum Gasteiger partial charge on any atom is 0.219 e. The number of carbonyl (C=O) groups is 1. The molecule has 0 aromatic rings. The molecule has 0 aliphatic carbocycles. The molecule has 1 amide bonds. The van der Waals surface area contributed by atoms with Crippen LogP contribution in [0.3, 0.4) is 0 Å². The fourth-order valence-electron chi connectivity index (χ4n) is 1.60. The van der Waals surface area contributed by atoms with Crippen molar-refractivity contribution >= 4 is 5.91 Å². The number of rotatable bonds is 3.